The molecule has 114 valence electrons. The van der Waals surface area contributed by atoms with E-state index < -0.39 is 6.04 Å². The van der Waals surface area contributed by atoms with Crippen molar-refractivity contribution in [1.29, 1.82) is 0 Å². The Hall–Kier alpha value is -2.66. The Bertz CT molecular complexity index is 656. The predicted octanol–water partition coefficient (Wildman–Crippen LogP) is 2.61. The largest absolute Gasteiger partial charge is 0.324 e. The summed E-state index contributed by atoms with van der Waals surface area (Å²) in [4.78, 5) is 24.3. The Morgan fingerprint density at radius 2 is 1.64 bits per heavy atom. The summed E-state index contributed by atoms with van der Waals surface area (Å²) in [6.07, 6.45) is 0.532. The average Bonchev–Trinajstić information content (AvgIpc) is 2.55. The Kier molecular flexibility index (Phi) is 5.27. The number of para-hydroxylation sites is 2. The summed E-state index contributed by atoms with van der Waals surface area (Å²) in [5.41, 5.74) is 7.24. The van der Waals surface area contributed by atoms with Gasteiger partial charge in [-0.2, -0.15) is 0 Å². The highest BCUT2D eigenvalue weighted by atomic mass is 16.2. The summed E-state index contributed by atoms with van der Waals surface area (Å²) in [6.45, 7) is 1.83. The first-order chi connectivity index (χ1) is 10.6. The summed E-state index contributed by atoms with van der Waals surface area (Å²) in [5.74, 6) is -0.588. The molecule has 0 aliphatic rings. The van der Waals surface area contributed by atoms with Crippen LogP contribution in [0.15, 0.2) is 54.6 Å². The Labute approximate surface area is 129 Å². The number of hydrogen-bond donors (Lipinski definition) is 3. The Morgan fingerprint density at radius 1 is 1.00 bits per heavy atom. The van der Waals surface area contributed by atoms with Crippen molar-refractivity contribution < 1.29 is 9.59 Å². The zero-order valence-corrected chi connectivity index (χ0v) is 12.4. The van der Waals surface area contributed by atoms with Gasteiger partial charge in [-0.15, -0.1) is 0 Å². The number of carbonyl (C=O) groups is 2. The van der Waals surface area contributed by atoms with Gasteiger partial charge in [0.05, 0.1) is 17.3 Å². The number of amides is 2. The molecule has 0 saturated heterocycles. The van der Waals surface area contributed by atoms with Gasteiger partial charge < -0.3 is 16.4 Å². The summed E-state index contributed by atoms with van der Waals surface area (Å²) < 4.78 is 0. The highest BCUT2D eigenvalue weighted by Crippen LogP contribution is 2.17. The third kappa shape index (κ3) is 3.93. The molecular weight excluding hydrogens is 278 g/mol. The van der Waals surface area contributed by atoms with Crippen LogP contribution in [0.1, 0.15) is 23.7 Å². The van der Waals surface area contributed by atoms with Gasteiger partial charge in [-0.05, 0) is 30.7 Å². The average molecular weight is 297 g/mol. The van der Waals surface area contributed by atoms with E-state index in [0.717, 1.165) is 0 Å². The SMILES string of the molecule is CC[C@@H](N)C(=O)Nc1ccccc1C(=O)Nc1ccccc1. The van der Waals surface area contributed by atoms with Crippen LogP contribution in [0.25, 0.3) is 0 Å². The van der Waals surface area contributed by atoms with Crippen LogP contribution in [0, 0.1) is 0 Å². The van der Waals surface area contributed by atoms with Crippen LogP contribution >= 0.6 is 0 Å². The smallest absolute Gasteiger partial charge is 0.257 e. The molecule has 0 aliphatic heterocycles. The molecule has 0 saturated carbocycles. The minimum atomic E-state index is -0.592. The topological polar surface area (TPSA) is 84.2 Å². The molecular formula is C17H19N3O2. The van der Waals surface area contributed by atoms with E-state index in [9.17, 15) is 9.59 Å². The van der Waals surface area contributed by atoms with E-state index in [0.29, 0.717) is 23.4 Å². The van der Waals surface area contributed by atoms with E-state index in [-0.39, 0.29) is 11.8 Å². The molecule has 0 unspecified atom stereocenters. The summed E-state index contributed by atoms with van der Waals surface area (Å²) in [6, 6.07) is 15.4. The molecule has 4 N–H and O–H groups in total. The van der Waals surface area contributed by atoms with Crippen LogP contribution in [0.2, 0.25) is 0 Å². The third-order valence-electron chi connectivity index (χ3n) is 3.24. The van der Waals surface area contributed by atoms with E-state index in [2.05, 4.69) is 10.6 Å². The van der Waals surface area contributed by atoms with Crippen LogP contribution in [0.3, 0.4) is 0 Å². The maximum atomic E-state index is 12.4. The fourth-order valence-corrected chi connectivity index (χ4v) is 1.92. The van der Waals surface area contributed by atoms with Crippen LogP contribution in [-0.4, -0.2) is 17.9 Å². The molecule has 5 heteroatoms. The lowest BCUT2D eigenvalue weighted by molar-refractivity contribution is -0.117. The van der Waals surface area contributed by atoms with E-state index >= 15 is 0 Å². The maximum Gasteiger partial charge on any atom is 0.257 e. The van der Waals surface area contributed by atoms with E-state index in [1.54, 1.807) is 36.4 Å². The molecule has 2 amide bonds. The fourth-order valence-electron chi connectivity index (χ4n) is 1.92. The van der Waals surface area contributed by atoms with Crippen molar-refractivity contribution in [2.45, 2.75) is 19.4 Å². The number of carbonyl (C=O) groups excluding carboxylic acids is 2. The zero-order chi connectivity index (χ0) is 15.9. The van der Waals surface area contributed by atoms with Crippen molar-refractivity contribution in [2.24, 2.45) is 5.73 Å². The van der Waals surface area contributed by atoms with E-state index in [1.165, 1.54) is 0 Å². The molecule has 1 atom stereocenters. The first-order valence-electron chi connectivity index (χ1n) is 7.13. The molecule has 5 nitrogen and oxygen atoms in total. The number of rotatable bonds is 5. The molecule has 0 spiro atoms. The molecule has 0 fully saturated rings. The van der Waals surface area contributed by atoms with Crippen molar-refractivity contribution >= 4 is 23.2 Å². The van der Waals surface area contributed by atoms with Gasteiger partial charge in [0.15, 0.2) is 0 Å². The van der Waals surface area contributed by atoms with Gasteiger partial charge in [-0.1, -0.05) is 37.3 Å². The van der Waals surface area contributed by atoms with Gasteiger partial charge in [0.1, 0.15) is 0 Å². The maximum absolute atomic E-state index is 12.4. The second-order valence-corrected chi connectivity index (χ2v) is 4.87. The predicted molar refractivity (Wildman–Crippen MR) is 87.7 cm³/mol. The first-order valence-corrected chi connectivity index (χ1v) is 7.13. The lowest BCUT2D eigenvalue weighted by Gasteiger charge is -2.13. The number of nitrogens with one attached hydrogen (secondary N) is 2. The van der Waals surface area contributed by atoms with Crippen molar-refractivity contribution in [3.05, 3.63) is 60.2 Å². The summed E-state index contributed by atoms with van der Waals surface area (Å²) in [7, 11) is 0. The number of anilines is 2. The first kappa shape index (κ1) is 15.7. The molecule has 2 aromatic carbocycles. The molecule has 0 heterocycles. The van der Waals surface area contributed by atoms with Gasteiger partial charge in [0.25, 0.3) is 5.91 Å². The molecule has 2 rings (SSSR count). The van der Waals surface area contributed by atoms with Crippen LogP contribution in [0.4, 0.5) is 11.4 Å². The molecule has 22 heavy (non-hydrogen) atoms. The lowest BCUT2D eigenvalue weighted by atomic mass is 10.1. The van der Waals surface area contributed by atoms with Crippen molar-refractivity contribution in [2.75, 3.05) is 10.6 Å². The molecule has 0 aliphatic carbocycles. The zero-order valence-electron chi connectivity index (χ0n) is 12.4. The van der Waals surface area contributed by atoms with Crippen LogP contribution in [0.5, 0.6) is 0 Å². The Balaban J connectivity index is 2.17. The number of nitrogens with two attached hydrogens (primary N) is 1. The van der Waals surface area contributed by atoms with Gasteiger partial charge in [-0.3, -0.25) is 9.59 Å². The molecule has 0 radical (unpaired) electrons. The van der Waals surface area contributed by atoms with Crippen LogP contribution < -0.4 is 16.4 Å². The minimum absolute atomic E-state index is 0.285. The lowest BCUT2D eigenvalue weighted by Crippen LogP contribution is -2.35. The normalized spacial score (nSPS) is 11.5. The van der Waals surface area contributed by atoms with Gasteiger partial charge in [-0.25, -0.2) is 0 Å². The molecule has 2 aromatic rings. The number of benzene rings is 2. The van der Waals surface area contributed by atoms with E-state index in [4.69, 9.17) is 5.73 Å². The minimum Gasteiger partial charge on any atom is -0.324 e. The monoisotopic (exact) mass is 297 g/mol. The second-order valence-electron chi connectivity index (χ2n) is 4.87. The number of hydrogen-bond acceptors (Lipinski definition) is 3. The van der Waals surface area contributed by atoms with E-state index in [1.807, 2.05) is 25.1 Å². The Morgan fingerprint density at radius 3 is 2.32 bits per heavy atom. The second kappa shape index (κ2) is 7.38. The van der Waals surface area contributed by atoms with Crippen molar-refractivity contribution in [3.63, 3.8) is 0 Å². The molecule has 0 aromatic heterocycles. The molecule has 0 bridgehead atoms. The van der Waals surface area contributed by atoms with Crippen molar-refractivity contribution in [3.8, 4) is 0 Å². The highest BCUT2D eigenvalue weighted by molar-refractivity contribution is 6.10. The van der Waals surface area contributed by atoms with Gasteiger partial charge >= 0.3 is 0 Å². The quantitative estimate of drug-likeness (QED) is 0.793. The fraction of sp³-hybridized carbons (Fsp3) is 0.176. The van der Waals surface area contributed by atoms with Gasteiger partial charge in [0, 0.05) is 5.69 Å². The van der Waals surface area contributed by atoms with Gasteiger partial charge in [0.2, 0.25) is 5.91 Å². The van der Waals surface area contributed by atoms with Crippen molar-refractivity contribution in [1.82, 2.24) is 0 Å². The summed E-state index contributed by atoms with van der Waals surface area (Å²) in [5, 5.41) is 5.50. The third-order valence-corrected chi connectivity index (χ3v) is 3.24. The van der Waals surface area contributed by atoms with Crippen LogP contribution in [-0.2, 0) is 4.79 Å². The summed E-state index contributed by atoms with van der Waals surface area (Å²) >= 11 is 0. The standard InChI is InChI=1S/C17H19N3O2/c1-2-14(18)17(22)20-15-11-7-6-10-13(15)16(21)19-12-8-4-3-5-9-12/h3-11,14H,2,18H2,1H3,(H,19,21)(H,20,22)/t14-/m1/s1. The highest BCUT2D eigenvalue weighted by Gasteiger charge is 2.16.